The number of carbonyl (C=O) groups excluding carboxylic acids is 2. The van der Waals surface area contributed by atoms with Gasteiger partial charge >= 0.3 is 5.97 Å². The molecule has 0 heterocycles. The molecule has 1 rings (SSSR count). The number of halogens is 2. The Kier molecular flexibility index (Phi) is 8.56. The Morgan fingerprint density at radius 2 is 2.00 bits per heavy atom. The van der Waals surface area contributed by atoms with Gasteiger partial charge in [0.1, 0.15) is 11.1 Å². The average Bonchev–Trinajstić information content (AvgIpc) is 2.51. The van der Waals surface area contributed by atoms with Gasteiger partial charge in [-0.15, -0.1) is 11.8 Å². The van der Waals surface area contributed by atoms with E-state index in [0.29, 0.717) is 17.7 Å². The van der Waals surface area contributed by atoms with Gasteiger partial charge in [-0.25, -0.2) is 4.39 Å². The third-order valence-electron chi connectivity index (χ3n) is 3.30. The van der Waals surface area contributed by atoms with Crippen LogP contribution >= 0.6 is 23.4 Å². The van der Waals surface area contributed by atoms with Gasteiger partial charge in [-0.3, -0.25) is 9.59 Å². The molecule has 0 aromatic heterocycles. The van der Waals surface area contributed by atoms with Crippen LogP contribution in [0.5, 0.6) is 0 Å². The molecule has 0 aliphatic rings. The van der Waals surface area contributed by atoms with Gasteiger partial charge in [0.2, 0.25) is 5.91 Å². The lowest BCUT2D eigenvalue weighted by Gasteiger charge is -2.16. The number of hydrogen-bond acceptors (Lipinski definition) is 4. The molecule has 0 radical (unpaired) electrons. The van der Waals surface area contributed by atoms with Crippen LogP contribution < -0.4 is 5.32 Å². The van der Waals surface area contributed by atoms with E-state index < -0.39 is 11.1 Å². The minimum Gasteiger partial charge on any atom is -0.462 e. The number of hydrogen-bond donors (Lipinski definition) is 1. The molecule has 0 spiro atoms. The van der Waals surface area contributed by atoms with Crippen LogP contribution in [0.15, 0.2) is 17.0 Å². The Morgan fingerprint density at radius 1 is 1.33 bits per heavy atom. The van der Waals surface area contributed by atoms with E-state index in [0.717, 1.165) is 12.5 Å². The van der Waals surface area contributed by atoms with Gasteiger partial charge in [-0.2, -0.15) is 0 Å². The van der Waals surface area contributed by atoms with Crippen LogP contribution in [-0.2, 0) is 14.3 Å². The molecule has 2 atom stereocenters. The molecule has 0 bridgehead atoms. The summed E-state index contributed by atoms with van der Waals surface area (Å²) in [5.74, 6) is -1.23. The second-order valence-electron chi connectivity index (χ2n) is 5.48. The van der Waals surface area contributed by atoms with Crippen LogP contribution in [0, 0.1) is 5.82 Å². The van der Waals surface area contributed by atoms with E-state index in [1.165, 1.54) is 17.8 Å². The largest absolute Gasteiger partial charge is 0.462 e. The fourth-order valence-corrected chi connectivity index (χ4v) is 2.95. The number of nitrogens with one attached hydrogen (secondary N) is 1. The monoisotopic (exact) mass is 375 g/mol. The van der Waals surface area contributed by atoms with Crippen molar-refractivity contribution in [2.24, 2.45) is 0 Å². The molecular weight excluding hydrogens is 353 g/mol. The van der Waals surface area contributed by atoms with E-state index in [-0.39, 0.29) is 28.7 Å². The molecular formula is C17H23ClFNO3S. The summed E-state index contributed by atoms with van der Waals surface area (Å²) in [5.41, 5.74) is 0.0582. The van der Waals surface area contributed by atoms with Crippen molar-refractivity contribution in [3.63, 3.8) is 0 Å². The summed E-state index contributed by atoms with van der Waals surface area (Å²) >= 11 is 7.22. The second-order valence-corrected chi connectivity index (χ2v) is 7.27. The summed E-state index contributed by atoms with van der Waals surface area (Å²) in [6, 6.07) is 2.58. The summed E-state index contributed by atoms with van der Waals surface area (Å²) < 4.78 is 19.2. The Bertz CT molecular complexity index is 597. The van der Waals surface area contributed by atoms with Crippen LogP contribution in [-0.4, -0.2) is 23.2 Å². The molecule has 0 aliphatic heterocycles. The van der Waals surface area contributed by atoms with Gasteiger partial charge in [-0.1, -0.05) is 25.4 Å². The number of ether oxygens (including phenoxy) is 1. The SMILES string of the molecule is CCCC(=O)Nc1cc(SC(C)C(=O)OC(C)CC)c(Cl)cc1F. The van der Waals surface area contributed by atoms with Gasteiger partial charge in [0.25, 0.3) is 0 Å². The number of carbonyl (C=O) groups is 2. The van der Waals surface area contributed by atoms with Crippen molar-refractivity contribution in [1.82, 2.24) is 0 Å². The van der Waals surface area contributed by atoms with Gasteiger partial charge in [0.05, 0.1) is 16.8 Å². The van der Waals surface area contributed by atoms with Crippen LogP contribution in [0.3, 0.4) is 0 Å². The zero-order valence-electron chi connectivity index (χ0n) is 14.3. The molecule has 0 aliphatic carbocycles. The molecule has 7 heteroatoms. The van der Waals surface area contributed by atoms with E-state index >= 15 is 0 Å². The van der Waals surface area contributed by atoms with E-state index in [2.05, 4.69) is 5.32 Å². The van der Waals surface area contributed by atoms with Crippen molar-refractivity contribution >= 4 is 40.9 Å². The molecule has 0 saturated heterocycles. The van der Waals surface area contributed by atoms with Crippen molar-refractivity contribution in [3.8, 4) is 0 Å². The van der Waals surface area contributed by atoms with E-state index in [1.54, 1.807) is 6.92 Å². The number of benzene rings is 1. The minimum absolute atomic E-state index is 0.0582. The van der Waals surface area contributed by atoms with Crippen LogP contribution in [0.2, 0.25) is 5.02 Å². The Balaban J connectivity index is 2.87. The molecule has 0 fully saturated rings. The highest BCUT2D eigenvalue weighted by Gasteiger charge is 2.20. The number of thioether (sulfide) groups is 1. The maximum atomic E-state index is 13.9. The van der Waals surface area contributed by atoms with Crippen LogP contribution in [0.25, 0.3) is 0 Å². The predicted octanol–water partition coefficient (Wildman–Crippen LogP) is 5.04. The van der Waals surface area contributed by atoms with Crippen molar-refractivity contribution in [2.75, 3.05) is 5.32 Å². The fraction of sp³-hybridized carbons (Fsp3) is 0.529. The molecule has 1 aromatic carbocycles. The summed E-state index contributed by atoms with van der Waals surface area (Å²) in [4.78, 5) is 24.2. The van der Waals surface area contributed by atoms with E-state index in [9.17, 15) is 14.0 Å². The summed E-state index contributed by atoms with van der Waals surface area (Å²) in [6.07, 6.45) is 1.55. The number of esters is 1. The van der Waals surface area contributed by atoms with Gasteiger partial charge in [0, 0.05) is 11.3 Å². The molecule has 1 N–H and O–H groups in total. The number of rotatable bonds is 8. The average molecular weight is 376 g/mol. The normalized spacial score (nSPS) is 13.2. The van der Waals surface area contributed by atoms with E-state index in [4.69, 9.17) is 16.3 Å². The van der Waals surface area contributed by atoms with Crippen molar-refractivity contribution in [1.29, 1.82) is 0 Å². The number of amides is 1. The molecule has 24 heavy (non-hydrogen) atoms. The summed E-state index contributed by atoms with van der Waals surface area (Å²) in [6.45, 7) is 7.31. The quantitative estimate of drug-likeness (QED) is 0.510. The first kappa shape index (κ1) is 20.8. The predicted molar refractivity (Wildman–Crippen MR) is 96.1 cm³/mol. The van der Waals surface area contributed by atoms with Crippen molar-refractivity contribution < 1.29 is 18.7 Å². The topological polar surface area (TPSA) is 55.4 Å². The Labute approximate surface area is 151 Å². The van der Waals surface area contributed by atoms with Gasteiger partial charge in [-0.05, 0) is 38.8 Å². The lowest BCUT2D eigenvalue weighted by Crippen LogP contribution is -2.22. The van der Waals surface area contributed by atoms with Crippen molar-refractivity contribution in [2.45, 2.75) is 63.2 Å². The lowest BCUT2D eigenvalue weighted by molar-refractivity contribution is -0.147. The third kappa shape index (κ3) is 6.32. The first-order valence-electron chi connectivity index (χ1n) is 7.94. The van der Waals surface area contributed by atoms with E-state index in [1.807, 2.05) is 20.8 Å². The van der Waals surface area contributed by atoms with Crippen molar-refractivity contribution in [3.05, 3.63) is 23.0 Å². The molecule has 1 amide bonds. The molecule has 0 saturated carbocycles. The Hall–Kier alpha value is -1.27. The highest BCUT2D eigenvalue weighted by Crippen LogP contribution is 2.35. The molecule has 2 unspecified atom stereocenters. The summed E-state index contributed by atoms with van der Waals surface area (Å²) in [5, 5.41) is 2.21. The summed E-state index contributed by atoms with van der Waals surface area (Å²) in [7, 11) is 0. The first-order chi connectivity index (χ1) is 11.3. The smallest absolute Gasteiger partial charge is 0.319 e. The fourth-order valence-electron chi connectivity index (χ4n) is 1.77. The molecule has 4 nitrogen and oxygen atoms in total. The molecule has 1 aromatic rings. The third-order valence-corrected chi connectivity index (χ3v) is 4.86. The van der Waals surface area contributed by atoms with Gasteiger partial charge in [0.15, 0.2) is 0 Å². The highest BCUT2D eigenvalue weighted by molar-refractivity contribution is 8.00. The Morgan fingerprint density at radius 3 is 2.58 bits per heavy atom. The zero-order valence-corrected chi connectivity index (χ0v) is 15.9. The van der Waals surface area contributed by atoms with Crippen LogP contribution in [0.1, 0.15) is 47.0 Å². The standard InChI is InChI=1S/C17H23ClFNO3S/c1-5-7-16(21)20-14-9-15(12(18)8-13(14)19)24-11(4)17(22)23-10(3)6-2/h8-11H,5-7H2,1-4H3,(H,20,21). The first-order valence-corrected chi connectivity index (χ1v) is 9.20. The second kappa shape index (κ2) is 9.89. The minimum atomic E-state index is -0.608. The van der Waals surface area contributed by atoms with Crippen LogP contribution in [0.4, 0.5) is 10.1 Å². The maximum Gasteiger partial charge on any atom is 0.319 e. The molecule has 134 valence electrons. The maximum absolute atomic E-state index is 13.9. The number of anilines is 1. The zero-order chi connectivity index (χ0) is 18.3. The van der Waals surface area contributed by atoms with Gasteiger partial charge < -0.3 is 10.1 Å². The lowest BCUT2D eigenvalue weighted by atomic mass is 10.2. The highest BCUT2D eigenvalue weighted by atomic mass is 35.5.